The number of anilines is 1. The molecule has 2 saturated carbocycles. The highest BCUT2D eigenvalue weighted by Crippen LogP contribution is 2.31. The Kier molecular flexibility index (Phi) is 12.2. The lowest BCUT2D eigenvalue weighted by Gasteiger charge is -2.32. The van der Waals surface area contributed by atoms with Gasteiger partial charge in [0.2, 0.25) is 0 Å². The van der Waals surface area contributed by atoms with Crippen molar-refractivity contribution < 1.29 is 5.11 Å². The lowest BCUT2D eigenvalue weighted by Crippen LogP contribution is -2.31. The van der Waals surface area contributed by atoms with Gasteiger partial charge in [0.05, 0.1) is 0 Å². The fourth-order valence-electron chi connectivity index (χ4n) is 5.16. The van der Waals surface area contributed by atoms with E-state index in [4.69, 9.17) is 0 Å². The number of nitrogens with zero attached hydrogens (tertiary/aromatic N) is 1. The molecule has 2 heteroatoms. The molecule has 0 heterocycles. The van der Waals surface area contributed by atoms with E-state index >= 15 is 0 Å². The molecule has 0 radical (unpaired) electrons. The molecule has 1 N–H and O–H groups in total. The van der Waals surface area contributed by atoms with E-state index in [0.717, 1.165) is 30.5 Å². The number of aliphatic hydroxyl groups is 1. The highest BCUT2D eigenvalue weighted by atomic mass is 16.3. The van der Waals surface area contributed by atoms with Crippen molar-refractivity contribution >= 4 is 5.69 Å². The standard InChI is InChI=1S/C19H29NO.C10H20/c1-4-6-19(21)20(18-8-5-7-16(3)13-18)14-17-11-9-15(2)10-12-17;1-2-3-7-10-8-5-4-6-9-10/h5-8,13,15,17,21H,4,9-12,14H2,1-3H3;10H,2-9H2,1H3. The zero-order chi connectivity index (χ0) is 22.5. The molecule has 0 saturated heterocycles. The lowest BCUT2D eigenvalue weighted by molar-refractivity contribution is 0.283. The van der Waals surface area contributed by atoms with E-state index in [9.17, 15) is 5.11 Å². The molecular formula is C29H49NO. The Morgan fingerprint density at radius 2 is 1.71 bits per heavy atom. The molecule has 31 heavy (non-hydrogen) atoms. The first-order valence-corrected chi connectivity index (χ1v) is 13.3. The monoisotopic (exact) mass is 427 g/mol. The van der Waals surface area contributed by atoms with E-state index in [-0.39, 0.29) is 0 Å². The summed E-state index contributed by atoms with van der Waals surface area (Å²) < 4.78 is 0. The van der Waals surface area contributed by atoms with Gasteiger partial charge < -0.3 is 10.0 Å². The lowest BCUT2D eigenvalue weighted by atomic mass is 9.83. The van der Waals surface area contributed by atoms with Crippen LogP contribution in [-0.4, -0.2) is 11.7 Å². The predicted octanol–water partition coefficient (Wildman–Crippen LogP) is 9.19. The van der Waals surface area contributed by atoms with Gasteiger partial charge in [-0.1, -0.05) is 97.1 Å². The summed E-state index contributed by atoms with van der Waals surface area (Å²) >= 11 is 0. The van der Waals surface area contributed by atoms with Gasteiger partial charge in [-0.25, -0.2) is 0 Å². The molecule has 2 aliphatic carbocycles. The maximum atomic E-state index is 10.4. The molecule has 0 bridgehead atoms. The molecule has 0 unspecified atom stereocenters. The maximum Gasteiger partial charge on any atom is 0.187 e. The van der Waals surface area contributed by atoms with E-state index in [1.165, 1.54) is 82.6 Å². The fraction of sp³-hybridized carbons (Fsp3) is 0.724. The van der Waals surface area contributed by atoms with Crippen LogP contribution in [0.5, 0.6) is 0 Å². The molecule has 2 nitrogen and oxygen atoms in total. The molecule has 2 aliphatic rings. The molecule has 0 spiro atoms. The number of hydrogen-bond donors (Lipinski definition) is 1. The number of rotatable bonds is 8. The minimum Gasteiger partial charge on any atom is -0.495 e. The number of benzene rings is 1. The fourth-order valence-corrected chi connectivity index (χ4v) is 5.16. The summed E-state index contributed by atoms with van der Waals surface area (Å²) in [5.41, 5.74) is 2.34. The van der Waals surface area contributed by atoms with Crippen LogP contribution < -0.4 is 4.90 Å². The average molecular weight is 428 g/mol. The Labute approximate surface area is 193 Å². The first kappa shape index (κ1) is 25.8. The maximum absolute atomic E-state index is 10.4. The molecule has 176 valence electrons. The number of hydrogen-bond acceptors (Lipinski definition) is 2. The third-order valence-corrected chi connectivity index (χ3v) is 7.24. The van der Waals surface area contributed by atoms with Gasteiger partial charge in [0.25, 0.3) is 0 Å². The van der Waals surface area contributed by atoms with Crippen LogP contribution in [0.3, 0.4) is 0 Å². The van der Waals surface area contributed by atoms with E-state index in [0.29, 0.717) is 11.8 Å². The zero-order valence-corrected chi connectivity index (χ0v) is 20.9. The van der Waals surface area contributed by atoms with Crippen LogP contribution in [0, 0.1) is 24.7 Å². The van der Waals surface area contributed by atoms with Gasteiger partial charge in [0.15, 0.2) is 5.88 Å². The molecule has 3 rings (SSSR count). The molecule has 2 fully saturated rings. The molecule has 0 aliphatic heterocycles. The van der Waals surface area contributed by atoms with Crippen LogP contribution in [-0.2, 0) is 0 Å². The minimum atomic E-state index is 0.404. The summed E-state index contributed by atoms with van der Waals surface area (Å²) in [4.78, 5) is 2.09. The molecule has 0 atom stereocenters. The minimum absolute atomic E-state index is 0.404. The van der Waals surface area contributed by atoms with Gasteiger partial charge >= 0.3 is 0 Å². The predicted molar refractivity (Wildman–Crippen MR) is 137 cm³/mol. The third kappa shape index (κ3) is 9.71. The smallest absolute Gasteiger partial charge is 0.187 e. The summed E-state index contributed by atoms with van der Waals surface area (Å²) in [7, 11) is 0. The summed E-state index contributed by atoms with van der Waals surface area (Å²) in [6.07, 6.45) is 19.9. The Morgan fingerprint density at radius 3 is 2.32 bits per heavy atom. The van der Waals surface area contributed by atoms with Crippen LogP contribution in [0.25, 0.3) is 0 Å². The van der Waals surface area contributed by atoms with Crippen molar-refractivity contribution in [1.29, 1.82) is 0 Å². The summed E-state index contributed by atoms with van der Waals surface area (Å²) in [6.45, 7) is 9.74. The van der Waals surface area contributed by atoms with Gasteiger partial charge in [-0.3, -0.25) is 0 Å². The average Bonchev–Trinajstić information content (AvgIpc) is 2.78. The van der Waals surface area contributed by atoms with E-state index in [1.807, 2.05) is 6.08 Å². The molecule has 0 amide bonds. The van der Waals surface area contributed by atoms with Crippen molar-refractivity contribution in [2.45, 2.75) is 111 Å². The molecular weight excluding hydrogens is 378 g/mol. The van der Waals surface area contributed by atoms with Crippen LogP contribution in [0.4, 0.5) is 5.69 Å². The summed E-state index contributed by atoms with van der Waals surface area (Å²) in [5.74, 6) is 3.07. The third-order valence-electron chi connectivity index (χ3n) is 7.24. The van der Waals surface area contributed by atoms with E-state index in [2.05, 4.69) is 56.9 Å². The Morgan fingerprint density at radius 1 is 1.00 bits per heavy atom. The second-order valence-corrected chi connectivity index (χ2v) is 10.2. The first-order chi connectivity index (χ1) is 15.0. The number of unbranched alkanes of at least 4 members (excludes halogenated alkanes) is 1. The first-order valence-electron chi connectivity index (χ1n) is 13.3. The van der Waals surface area contributed by atoms with E-state index in [1.54, 1.807) is 0 Å². The van der Waals surface area contributed by atoms with Gasteiger partial charge in [-0.15, -0.1) is 0 Å². The second kappa shape index (κ2) is 14.6. The quantitative estimate of drug-likeness (QED) is 0.418. The Hall–Kier alpha value is -1.44. The van der Waals surface area contributed by atoms with Crippen LogP contribution in [0.15, 0.2) is 36.2 Å². The summed E-state index contributed by atoms with van der Waals surface area (Å²) in [6, 6.07) is 8.42. The number of aryl methyl sites for hydroxylation is 1. The van der Waals surface area contributed by atoms with Gasteiger partial charge in [-0.2, -0.15) is 0 Å². The largest absolute Gasteiger partial charge is 0.495 e. The Balaban J connectivity index is 0.000000285. The van der Waals surface area contributed by atoms with Gasteiger partial charge in [0, 0.05) is 12.2 Å². The molecule has 1 aromatic rings. The number of aliphatic hydroxyl groups excluding tert-OH is 1. The highest BCUT2D eigenvalue weighted by Gasteiger charge is 2.22. The van der Waals surface area contributed by atoms with Crippen molar-refractivity contribution in [2.75, 3.05) is 11.4 Å². The van der Waals surface area contributed by atoms with Crippen LogP contribution in [0.1, 0.15) is 110 Å². The van der Waals surface area contributed by atoms with Crippen molar-refractivity contribution in [1.82, 2.24) is 0 Å². The van der Waals surface area contributed by atoms with Crippen LogP contribution >= 0.6 is 0 Å². The normalized spacial score (nSPS) is 22.5. The van der Waals surface area contributed by atoms with Gasteiger partial charge in [-0.05, 0) is 67.7 Å². The van der Waals surface area contributed by atoms with Crippen molar-refractivity contribution in [3.63, 3.8) is 0 Å². The topological polar surface area (TPSA) is 23.5 Å². The number of allylic oxidation sites excluding steroid dienone is 1. The SMILES string of the molecule is CCC=C(O)N(CC1CCC(C)CC1)c1cccc(C)c1.CCCCC1CCCCC1. The zero-order valence-electron chi connectivity index (χ0n) is 20.9. The second-order valence-electron chi connectivity index (χ2n) is 10.2. The van der Waals surface area contributed by atoms with Crippen molar-refractivity contribution in [2.24, 2.45) is 17.8 Å². The van der Waals surface area contributed by atoms with Gasteiger partial charge in [0.1, 0.15) is 0 Å². The molecule has 0 aromatic heterocycles. The van der Waals surface area contributed by atoms with Crippen LogP contribution in [0.2, 0.25) is 0 Å². The van der Waals surface area contributed by atoms with Crippen molar-refractivity contribution in [3.8, 4) is 0 Å². The van der Waals surface area contributed by atoms with E-state index < -0.39 is 0 Å². The van der Waals surface area contributed by atoms with Crippen molar-refractivity contribution in [3.05, 3.63) is 41.8 Å². The Bertz CT molecular complexity index is 623. The molecule has 1 aromatic carbocycles. The summed E-state index contributed by atoms with van der Waals surface area (Å²) in [5, 5.41) is 10.4. The highest BCUT2D eigenvalue weighted by molar-refractivity contribution is 5.52.